The van der Waals surface area contributed by atoms with E-state index in [1.807, 2.05) is 18.2 Å². The number of nitrogens with one attached hydrogen (secondary N) is 1. The van der Waals surface area contributed by atoms with Gasteiger partial charge in [-0.2, -0.15) is 13.2 Å². The van der Waals surface area contributed by atoms with Gasteiger partial charge >= 0.3 is 6.18 Å². The first-order valence-corrected chi connectivity index (χ1v) is 9.78. The highest BCUT2D eigenvalue weighted by Crippen LogP contribution is 2.19. The van der Waals surface area contributed by atoms with Crippen LogP contribution in [0, 0.1) is 0 Å². The van der Waals surface area contributed by atoms with Crippen LogP contribution in [0.5, 0.6) is 5.75 Å². The van der Waals surface area contributed by atoms with Crippen molar-refractivity contribution in [3.05, 3.63) is 65.2 Å². The number of likely N-dealkylation sites (tertiary alicyclic amines) is 1. The number of piperidine rings is 1. The topological polar surface area (TPSA) is 41.6 Å². The summed E-state index contributed by atoms with van der Waals surface area (Å²) < 4.78 is 41.3. The number of halogens is 3. The molecule has 0 saturated carbocycles. The van der Waals surface area contributed by atoms with Crippen LogP contribution in [0.15, 0.2) is 48.5 Å². The second-order valence-electron chi connectivity index (χ2n) is 7.22. The fourth-order valence-corrected chi connectivity index (χ4v) is 3.39. The molecule has 0 aliphatic carbocycles. The number of hydrogen-bond acceptors (Lipinski definition) is 3. The fraction of sp³-hybridized carbons (Fsp3) is 0.409. The molecule has 0 unspecified atom stereocenters. The van der Waals surface area contributed by atoms with Crippen molar-refractivity contribution in [2.45, 2.75) is 38.5 Å². The number of nitrogens with zero attached hydrogens (tertiary/aromatic N) is 1. The molecular formula is C22H25F3N2O2. The summed E-state index contributed by atoms with van der Waals surface area (Å²) in [7, 11) is 0. The summed E-state index contributed by atoms with van der Waals surface area (Å²) in [6.07, 6.45) is -0.658. The van der Waals surface area contributed by atoms with E-state index in [1.165, 1.54) is 49.1 Å². The zero-order chi connectivity index (χ0) is 20.7. The minimum atomic E-state index is -4.39. The molecule has 2 aromatic carbocycles. The summed E-state index contributed by atoms with van der Waals surface area (Å²) in [5, 5.41) is 2.89. The number of alkyl halides is 3. The van der Waals surface area contributed by atoms with Gasteiger partial charge in [0.25, 0.3) is 5.91 Å². The Kier molecular flexibility index (Phi) is 7.14. The maximum Gasteiger partial charge on any atom is 0.422 e. The summed E-state index contributed by atoms with van der Waals surface area (Å²) in [4.78, 5) is 14.8. The van der Waals surface area contributed by atoms with E-state index in [0.717, 1.165) is 25.2 Å². The summed E-state index contributed by atoms with van der Waals surface area (Å²) in [6, 6.07) is 13.7. The Morgan fingerprint density at radius 3 is 2.28 bits per heavy atom. The van der Waals surface area contributed by atoms with E-state index < -0.39 is 12.8 Å². The van der Waals surface area contributed by atoms with E-state index in [0.29, 0.717) is 12.1 Å². The monoisotopic (exact) mass is 406 g/mol. The van der Waals surface area contributed by atoms with Crippen LogP contribution < -0.4 is 10.1 Å². The lowest BCUT2D eigenvalue weighted by Crippen LogP contribution is -2.30. The molecule has 0 bridgehead atoms. The Bertz CT molecular complexity index is 800. The van der Waals surface area contributed by atoms with E-state index in [-0.39, 0.29) is 11.7 Å². The summed E-state index contributed by atoms with van der Waals surface area (Å²) in [5.41, 5.74) is 2.64. The molecule has 0 aromatic heterocycles. The van der Waals surface area contributed by atoms with E-state index in [2.05, 4.69) is 21.0 Å². The molecule has 29 heavy (non-hydrogen) atoms. The minimum Gasteiger partial charge on any atom is -0.484 e. The third-order valence-electron chi connectivity index (χ3n) is 4.92. The second-order valence-corrected chi connectivity index (χ2v) is 7.22. The molecule has 1 fully saturated rings. The van der Waals surface area contributed by atoms with Gasteiger partial charge in [-0.05, 0) is 61.3 Å². The minimum absolute atomic E-state index is 0.0748. The standard InChI is InChI=1S/C22H25F3N2O2/c23-22(24,25)16-29-20-10-8-17(9-11-20)21(28)26-14-18-6-2-3-7-19(18)15-27-12-4-1-5-13-27/h2-3,6-11H,1,4-5,12-16H2,(H,26,28). The summed E-state index contributed by atoms with van der Waals surface area (Å²) >= 11 is 0. The van der Waals surface area contributed by atoms with Crippen molar-refractivity contribution in [3.8, 4) is 5.75 Å². The van der Waals surface area contributed by atoms with Gasteiger partial charge in [0.1, 0.15) is 5.75 Å². The molecule has 4 nitrogen and oxygen atoms in total. The van der Waals surface area contributed by atoms with Gasteiger partial charge in [0.2, 0.25) is 0 Å². The summed E-state index contributed by atoms with van der Waals surface area (Å²) in [5.74, 6) is -0.203. The first-order valence-electron chi connectivity index (χ1n) is 9.78. The molecule has 0 radical (unpaired) electrons. The van der Waals surface area contributed by atoms with Crippen LogP contribution in [0.25, 0.3) is 0 Å². The van der Waals surface area contributed by atoms with Gasteiger partial charge in [-0.1, -0.05) is 30.7 Å². The number of carbonyl (C=O) groups is 1. The van der Waals surface area contributed by atoms with Crippen LogP contribution in [-0.4, -0.2) is 36.7 Å². The molecule has 1 amide bonds. The lowest BCUT2D eigenvalue weighted by atomic mass is 10.0. The molecule has 1 saturated heterocycles. The third kappa shape index (κ3) is 6.78. The zero-order valence-electron chi connectivity index (χ0n) is 16.2. The van der Waals surface area contributed by atoms with Crippen molar-refractivity contribution in [1.29, 1.82) is 0 Å². The Morgan fingerprint density at radius 2 is 1.62 bits per heavy atom. The fourth-order valence-electron chi connectivity index (χ4n) is 3.39. The van der Waals surface area contributed by atoms with Gasteiger partial charge in [0, 0.05) is 18.7 Å². The number of hydrogen-bond donors (Lipinski definition) is 1. The van der Waals surface area contributed by atoms with Crippen LogP contribution in [0.1, 0.15) is 40.7 Å². The predicted octanol–water partition coefficient (Wildman–Crippen LogP) is 4.54. The van der Waals surface area contributed by atoms with Crippen molar-refractivity contribution in [2.24, 2.45) is 0 Å². The molecule has 3 rings (SSSR count). The Hall–Kier alpha value is -2.54. The Balaban J connectivity index is 1.55. The number of ether oxygens (including phenoxy) is 1. The first-order chi connectivity index (χ1) is 13.9. The summed E-state index contributed by atoms with van der Waals surface area (Å²) in [6.45, 7) is 2.12. The SMILES string of the molecule is O=C(NCc1ccccc1CN1CCCCC1)c1ccc(OCC(F)(F)F)cc1. The van der Waals surface area contributed by atoms with Crippen molar-refractivity contribution in [2.75, 3.05) is 19.7 Å². The average Bonchev–Trinajstić information content (AvgIpc) is 2.72. The van der Waals surface area contributed by atoms with Crippen molar-refractivity contribution in [3.63, 3.8) is 0 Å². The van der Waals surface area contributed by atoms with E-state index in [4.69, 9.17) is 0 Å². The normalized spacial score (nSPS) is 15.1. The first kappa shape index (κ1) is 21.2. The number of carbonyl (C=O) groups excluding carboxylic acids is 1. The highest BCUT2D eigenvalue weighted by molar-refractivity contribution is 5.94. The van der Waals surface area contributed by atoms with Crippen molar-refractivity contribution >= 4 is 5.91 Å². The zero-order valence-corrected chi connectivity index (χ0v) is 16.2. The quantitative estimate of drug-likeness (QED) is 0.734. The molecule has 1 N–H and O–H groups in total. The number of amides is 1. The molecule has 1 heterocycles. The molecule has 1 aliphatic heterocycles. The molecule has 2 aromatic rings. The van der Waals surface area contributed by atoms with Crippen LogP contribution >= 0.6 is 0 Å². The van der Waals surface area contributed by atoms with Crippen LogP contribution in [0.3, 0.4) is 0 Å². The van der Waals surface area contributed by atoms with Gasteiger partial charge in [-0.25, -0.2) is 0 Å². The maximum atomic E-state index is 12.4. The van der Waals surface area contributed by atoms with Gasteiger partial charge in [-0.3, -0.25) is 9.69 Å². The lowest BCUT2D eigenvalue weighted by molar-refractivity contribution is -0.153. The van der Waals surface area contributed by atoms with Gasteiger partial charge < -0.3 is 10.1 Å². The maximum absolute atomic E-state index is 12.4. The van der Waals surface area contributed by atoms with Crippen LogP contribution in [-0.2, 0) is 13.1 Å². The number of benzene rings is 2. The Morgan fingerprint density at radius 1 is 0.966 bits per heavy atom. The van der Waals surface area contributed by atoms with Crippen LogP contribution in [0.4, 0.5) is 13.2 Å². The van der Waals surface area contributed by atoms with Crippen LogP contribution in [0.2, 0.25) is 0 Å². The molecule has 1 aliphatic rings. The average molecular weight is 406 g/mol. The number of rotatable bonds is 7. The van der Waals surface area contributed by atoms with Crippen molar-refractivity contribution < 1.29 is 22.7 Å². The molecule has 7 heteroatoms. The van der Waals surface area contributed by atoms with Gasteiger partial charge in [0.15, 0.2) is 6.61 Å². The largest absolute Gasteiger partial charge is 0.484 e. The molecule has 0 atom stereocenters. The van der Waals surface area contributed by atoms with E-state index in [1.54, 1.807) is 0 Å². The van der Waals surface area contributed by atoms with E-state index >= 15 is 0 Å². The van der Waals surface area contributed by atoms with Gasteiger partial charge in [0.05, 0.1) is 0 Å². The highest BCUT2D eigenvalue weighted by atomic mass is 19.4. The van der Waals surface area contributed by atoms with Crippen molar-refractivity contribution in [1.82, 2.24) is 10.2 Å². The van der Waals surface area contributed by atoms with Gasteiger partial charge in [-0.15, -0.1) is 0 Å². The third-order valence-corrected chi connectivity index (χ3v) is 4.92. The molecule has 0 spiro atoms. The predicted molar refractivity (Wildman–Crippen MR) is 105 cm³/mol. The smallest absolute Gasteiger partial charge is 0.422 e. The Labute approximate surface area is 168 Å². The molecular weight excluding hydrogens is 381 g/mol. The van der Waals surface area contributed by atoms with E-state index in [9.17, 15) is 18.0 Å². The molecule has 156 valence electrons. The highest BCUT2D eigenvalue weighted by Gasteiger charge is 2.28. The second kappa shape index (κ2) is 9.78. The lowest BCUT2D eigenvalue weighted by Gasteiger charge is -2.27.